The van der Waals surface area contributed by atoms with Gasteiger partial charge in [-0.25, -0.2) is 18.4 Å². The summed E-state index contributed by atoms with van der Waals surface area (Å²) in [4.78, 5) is 13.8. The molecule has 1 fully saturated rings. The molecule has 1 saturated heterocycles. The lowest BCUT2D eigenvalue weighted by Crippen LogP contribution is -2.53. The predicted octanol–water partition coefficient (Wildman–Crippen LogP) is 2.38. The Hall–Kier alpha value is -2.19. The fourth-order valence-corrected chi connectivity index (χ4v) is 3.75. The molecule has 0 amide bonds. The zero-order valence-electron chi connectivity index (χ0n) is 16.9. The normalized spacial score (nSPS) is 16.2. The summed E-state index contributed by atoms with van der Waals surface area (Å²) >= 11 is 0. The van der Waals surface area contributed by atoms with E-state index >= 15 is 0 Å². The van der Waals surface area contributed by atoms with Gasteiger partial charge >= 0.3 is 0 Å². The van der Waals surface area contributed by atoms with Crippen molar-refractivity contribution < 1.29 is 13.2 Å². The van der Waals surface area contributed by atoms with Gasteiger partial charge in [0.2, 0.25) is 5.95 Å². The highest BCUT2D eigenvalue weighted by Gasteiger charge is 2.26. The van der Waals surface area contributed by atoms with Gasteiger partial charge in [0, 0.05) is 38.0 Å². The third-order valence-electron chi connectivity index (χ3n) is 4.88. The standard InChI is InChI=1S/C20H28N4O3S/c1-20(2,3)24-11-9-23(10-12-24)19-21-13-17(14-22-19)27-15-16-5-7-18(8-6-16)28(4,25)26/h5-8,13-14H,9-12,15H2,1-4H3. The molecule has 0 atom stereocenters. The van der Waals surface area contributed by atoms with Gasteiger partial charge in [0.1, 0.15) is 6.61 Å². The summed E-state index contributed by atoms with van der Waals surface area (Å²) < 4.78 is 28.7. The maximum atomic E-state index is 11.5. The molecule has 28 heavy (non-hydrogen) atoms. The number of rotatable bonds is 5. The van der Waals surface area contributed by atoms with Crippen LogP contribution in [0.1, 0.15) is 26.3 Å². The lowest BCUT2D eigenvalue weighted by Gasteiger charge is -2.42. The second kappa shape index (κ2) is 8.05. The van der Waals surface area contributed by atoms with Gasteiger partial charge in [-0.15, -0.1) is 0 Å². The molecule has 3 rings (SSSR count). The summed E-state index contributed by atoms with van der Waals surface area (Å²) in [6.07, 6.45) is 4.56. The fourth-order valence-electron chi connectivity index (χ4n) is 3.12. The van der Waals surface area contributed by atoms with Crippen molar-refractivity contribution in [1.82, 2.24) is 14.9 Å². The molecule has 2 aromatic rings. The number of ether oxygens (including phenoxy) is 1. The van der Waals surface area contributed by atoms with Crippen LogP contribution in [0.25, 0.3) is 0 Å². The van der Waals surface area contributed by atoms with Crippen LogP contribution < -0.4 is 9.64 Å². The van der Waals surface area contributed by atoms with E-state index in [4.69, 9.17) is 4.74 Å². The molecule has 0 radical (unpaired) electrons. The number of sulfone groups is 1. The molecule has 1 aromatic heterocycles. The minimum Gasteiger partial charge on any atom is -0.486 e. The maximum absolute atomic E-state index is 11.5. The predicted molar refractivity (Wildman–Crippen MR) is 109 cm³/mol. The molecule has 0 unspecified atom stereocenters. The highest BCUT2D eigenvalue weighted by molar-refractivity contribution is 7.90. The van der Waals surface area contributed by atoms with Gasteiger partial charge in [-0.2, -0.15) is 0 Å². The van der Waals surface area contributed by atoms with Crippen molar-refractivity contribution >= 4 is 15.8 Å². The first kappa shape index (κ1) is 20.5. The van der Waals surface area contributed by atoms with E-state index in [2.05, 4.69) is 40.5 Å². The summed E-state index contributed by atoms with van der Waals surface area (Å²) in [5, 5.41) is 0. The van der Waals surface area contributed by atoms with E-state index in [1.54, 1.807) is 36.7 Å². The summed E-state index contributed by atoms with van der Waals surface area (Å²) in [5.41, 5.74) is 1.07. The lowest BCUT2D eigenvalue weighted by molar-refractivity contribution is 0.128. The van der Waals surface area contributed by atoms with Crippen LogP contribution in [0.4, 0.5) is 5.95 Å². The topological polar surface area (TPSA) is 75.6 Å². The molecule has 1 aliphatic rings. The molecule has 0 saturated carbocycles. The van der Waals surface area contributed by atoms with Crippen LogP contribution in [-0.4, -0.2) is 61.3 Å². The molecular weight excluding hydrogens is 376 g/mol. The molecule has 0 N–H and O–H groups in total. The maximum Gasteiger partial charge on any atom is 0.225 e. The molecule has 0 spiro atoms. The van der Waals surface area contributed by atoms with Gasteiger partial charge in [0.05, 0.1) is 17.3 Å². The Balaban J connectivity index is 1.54. The molecule has 2 heterocycles. The zero-order valence-corrected chi connectivity index (χ0v) is 17.7. The first-order valence-corrected chi connectivity index (χ1v) is 11.3. The molecule has 8 heteroatoms. The van der Waals surface area contributed by atoms with Gasteiger partial charge in [0.15, 0.2) is 15.6 Å². The average Bonchev–Trinajstić information content (AvgIpc) is 2.66. The van der Waals surface area contributed by atoms with Crippen LogP contribution in [-0.2, 0) is 16.4 Å². The van der Waals surface area contributed by atoms with Crippen LogP contribution in [0.3, 0.4) is 0 Å². The second-order valence-corrected chi connectivity index (χ2v) is 10.1. The number of anilines is 1. The van der Waals surface area contributed by atoms with Crippen molar-refractivity contribution in [2.24, 2.45) is 0 Å². The van der Waals surface area contributed by atoms with E-state index in [1.807, 2.05) is 0 Å². The smallest absolute Gasteiger partial charge is 0.225 e. The number of nitrogens with zero attached hydrogens (tertiary/aromatic N) is 4. The molecule has 152 valence electrons. The van der Waals surface area contributed by atoms with Crippen molar-refractivity contribution in [2.45, 2.75) is 37.8 Å². The summed E-state index contributed by atoms with van der Waals surface area (Å²) in [5.74, 6) is 1.31. The van der Waals surface area contributed by atoms with E-state index in [0.717, 1.165) is 37.7 Å². The van der Waals surface area contributed by atoms with Gasteiger partial charge in [-0.05, 0) is 38.5 Å². The Morgan fingerprint density at radius 2 is 1.57 bits per heavy atom. The average molecular weight is 405 g/mol. The lowest BCUT2D eigenvalue weighted by atomic mass is 10.1. The first-order chi connectivity index (χ1) is 13.1. The SMILES string of the molecule is CC(C)(C)N1CCN(c2ncc(OCc3ccc(S(C)(=O)=O)cc3)cn2)CC1. The highest BCUT2D eigenvalue weighted by Crippen LogP contribution is 2.19. The first-order valence-electron chi connectivity index (χ1n) is 9.37. The van der Waals surface area contributed by atoms with Crippen LogP contribution in [0.2, 0.25) is 0 Å². The number of aromatic nitrogens is 2. The van der Waals surface area contributed by atoms with Crippen LogP contribution >= 0.6 is 0 Å². The summed E-state index contributed by atoms with van der Waals surface area (Å²) in [6, 6.07) is 6.68. The van der Waals surface area contributed by atoms with E-state index in [-0.39, 0.29) is 5.54 Å². The van der Waals surface area contributed by atoms with E-state index in [9.17, 15) is 8.42 Å². The molecule has 0 aliphatic carbocycles. The third-order valence-corrected chi connectivity index (χ3v) is 6.01. The molecular formula is C20H28N4O3S. The molecule has 1 aliphatic heterocycles. The van der Waals surface area contributed by atoms with Crippen molar-refractivity contribution in [2.75, 3.05) is 37.3 Å². The van der Waals surface area contributed by atoms with Crippen molar-refractivity contribution in [3.8, 4) is 5.75 Å². The van der Waals surface area contributed by atoms with Gasteiger partial charge in [0.25, 0.3) is 0 Å². The van der Waals surface area contributed by atoms with Crippen molar-refractivity contribution in [1.29, 1.82) is 0 Å². The number of piperazine rings is 1. The van der Waals surface area contributed by atoms with Gasteiger partial charge in [-0.1, -0.05) is 12.1 Å². The Morgan fingerprint density at radius 3 is 2.07 bits per heavy atom. The molecule has 0 bridgehead atoms. The van der Waals surface area contributed by atoms with Crippen molar-refractivity contribution in [3.05, 3.63) is 42.2 Å². The minimum absolute atomic E-state index is 0.185. The summed E-state index contributed by atoms with van der Waals surface area (Å²) in [6.45, 7) is 10.8. The van der Waals surface area contributed by atoms with E-state index in [1.165, 1.54) is 6.26 Å². The van der Waals surface area contributed by atoms with Crippen LogP contribution in [0.15, 0.2) is 41.6 Å². The highest BCUT2D eigenvalue weighted by atomic mass is 32.2. The Morgan fingerprint density at radius 1 is 1.00 bits per heavy atom. The quantitative estimate of drug-likeness (QED) is 0.757. The monoisotopic (exact) mass is 404 g/mol. The molecule has 1 aromatic carbocycles. The van der Waals surface area contributed by atoms with E-state index in [0.29, 0.717) is 17.3 Å². The molecule has 7 nitrogen and oxygen atoms in total. The largest absolute Gasteiger partial charge is 0.486 e. The number of hydrogen-bond donors (Lipinski definition) is 0. The van der Waals surface area contributed by atoms with Gasteiger partial charge < -0.3 is 9.64 Å². The fraction of sp³-hybridized carbons (Fsp3) is 0.500. The van der Waals surface area contributed by atoms with Gasteiger partial charge in [-0.3, -0.25) is 4.90 Å². The Kier molecular flexibility index (Phi) is 5.90. The van der Waals surface area contributed by atoms with Crippen LogP contribution in [0, 0.1) is 0 Å². The number of benzene rings is 1. The number of hydrogen-bond acceptors (Lipinski definition) is 7. The van der Waals surface area contributed by atoms with E-state index < -0.39 is 9.84 Å². The minimum atomic E-state index is -3.18. The second-order valence-electron chi connectivity index (χ2n) is 8.07. The zero-order chi connectivity index (χ0) is 20.4. The Labute approximate surface area is 167 Å². The van der Waals surface area contributed by atoms with Crippen LogP contribution in [0.5, 0.6) is 5.75 Å². The Bertz CT molecular complexity index is 883. The van der Waals surface area contributed by atoms with Crippen molar-refractivity contribution in [3.63, 3.8) is 0 Å². The third kappa shape index (κ3) is 5.20. The summed E-state index contributed by atoms with van der Waals surface area (Å²) in [7, 11) is -3.18.